The van der Waals surface area contributed by atoms with Gasteiger partial charge in [-0.15, -0.1) is 0 Å². The Labute approximate surface area is 235 Å². The molecule has 0 aliphatic carbocycles. The molecule has 1 heterocycles. The van der Waals surface area contributed by atoms with Gasteiger partial charge in [0.2, 0.25) is 17.7 Å². The number of carboxylic acids is 2. The van der Waals surface area contributed by atoms with Crippen molar-refractivity contribution in [3.63, 3.8) is 0 Å². The van der Waals surface area contributed by atoms with E-state index in [2.05, 4.69) is 20.9 Å². The van der Waals surface area contributed by atoms with Crippen LogP contribution in [0, 0.1) is 0 Å². The topological polar surface area (TPSA) is 224 Å². The van der Waals surface area contributed by atoms with Gasteiger partial charge in [-0.3, -0.25) is 19.2 Å². The summed E-state index contributed by atoms with van der Waals surface area (Å²) in [5, 5.41) is 36.4. The predicted molar refractivity (Wildman–Crippen MR) is 147 cm³/mol. The van der Waals surface area contributed by atoms with Crippen LogP contribution < -0.4 is 21.7 Å². The van der Waals surface area contributed by atoms with Gasteiger partial charge in [-0.2, -0.15) is 0 Å². The number of carbonyl (C=O) groups excluding carboxylic acids is 3. The second-order valence-corrected chi connectivity index (χ2v) is 9.65. The number of carbonyl (C=O) groups is 5. The van der Waals surface area contributed by atoms with E-state index in [4.69, 9.17) is 10.8 Å². The minimum Gasteiger partial charge on any atom is -0.481 e. The van der Waals surface area contributed by atoms with Crippen LogP contribution in [0.15, 0.2) is 60.8 Å². The number of para-hydroxylation sites is 1. The minimum absolute atomic E-state index is 0.00887. The molecule has 0 spiro atoms. The minimum atomic E-state index is -1.64. The number of aliphatic carboxylic acids is 2. The lowest BCUT2D eigenvalue weighted by Gasteiger charge is -2.26. The maximum Gasteiger partial charge on any atom is 0.328 e. The fraction of sp³-hybridized carbons (Fsp3) is 0.321. The van der Waals surface area contributed by atoms with Crippen LogP contribution in [0.2, 0.25) is 0 Å². The Morgan fingerprint density at radius 2 is 1.41 bits per heavy atom. The molecule has 3 aromatic rings. The molecule has 5 atom stereocenters. The van der Waals surface area contributed by atoms with Crippen LogP contribution in [0.3, 0.4) is 0 Å². The highest BCUT2D eigenvalue weighted by molar-refractivity contribution is 5.95. The maximum absolute atomic E-state index is 13.6. The number of aliphatic hydroxyl groups is 1. The van der Waals surface area contributed by atoms with E-state index >= 15 is 0 Å². The Kier molecular flexibility index (Phi) is 10.6. The van der Waals surface area contributed by atoms with Crippen LogP contribution >= 0.6 is 0 Å². The van der Waals surface area contributed by atoms with Gasteiger partial charge < -0.3 is 42.0 Å². The van der Waals surface area contributed by atoms with E-state index in [1.54, 1.807) is 42.6 Å². The second-order valence-electron chi connectivity index (χ2n) is 9.65. The second kappa shape index (κ2) is 14.1. The number of nitrogens with two attached hydrogens (primary N) is 1. The number of rotatable bonds is 14. The number of H-pyrrole nitrogens is 1. The molecule has 0 saturated carbocycles. The maximum atomic E-state index is 13.6. The van der Waals surface area contributed by atoms with Crippen molar-refractivity contribution in [1.82, 2.24) is 20.9 Å². The zero-order valence-electron chi connectivity index (χ0n) is 22.2. The monoisotopic (exact) mass is 567 g/mol. The molecule has 0 radical (unpaired) electrons. The van der Waals surface area contributed by atoms with Crippen molar-refractivity contribution in [3.05, 3.63) is 71.9 Å². The molecule has 1 aromatic heterocycles. The molecule has 13 heteroatoms. The number of amides is 3. The number of fused-ring (bicyclic) bond motifs is 1. The molecule has 0 aliphatic rings. The molecule has 0 aliphatic heterocycles. The van der Waals surface area contributed by atoms with Gasteiger partial charge >= 0.3 is 11.9 Å². The molecule has 13 nitrogen and oxygen atoms in total. The van der Waals surface area contributed by atoms with Gasteiger partial charge in [-0.25, -0.2) is 4.79 Å². The number of aromatic nitrogens is 1. The van der Waals surface area contributed by atoms with Crippen LogP contribution in [-0.2, 0) is 36.8 Å². The van der Waals surface area contributed by atoms with Crippen molar-refractivity contribution in [2.75, 3.05) is 0 Å². The number of hydrogen-bond donors (Lipinski definition) is 8. The van der Waals surface area contributed by atoms with Gasteiger partial charge in [0.1, 0.15) is 12.1 Å². The van der Waals surface area contributed by atoms with E-state index in [1.807, 2.05) is 18.2 Å². The molecule has 3 rings (SSSR count). The first kappa shape index (κ1) is 30.8. The standard InChI is InChI=1S/C28H33N5O8/c1-15(34)24(28(40)41)33-27(39)22(12-17-14-30-20-10-6-5-9-18(17)20)32-26(38)21(11-16-7-3-2-4-8-16)31-25(37)19(29)13-23(35)36/h2-10,14-15,19,21-22,24,30,34H,11-13,29H2,1H3,(H,31,37)(H,32,38)(H,33,39)(H,35,36)(H,40,41). The molecule has 41 heavy (non-hydrogen) atoms. The Hall–Kier alpha value is -4.75. The van der Waals surface area contributed by atoms with Crippen molar-refractivity contribution in [2.45, 2.75) is 56.5 Å². The van der Waals surface area contributed by atoms with E-state index in [9.17, 15) is 34.2 Å². The van der Waals surface area contributed by atoms with Crippen molar-refractivity contribution in [3.8, 4) is 0 Å². The molecule has 9 N–H and O–H groups in total. The first-order chi connectivity index (χ1) is 19.5. The number of nitrogens with one attached hydrogen (secondary N) is 4. The summed E-state index contributed by atoms with van der Waals surface area (Å²) in [6.45, 7) is 1.21. The normalized spacial score (nSPS) is 14.7. The van der Waals surface area contributed by atoms with Crippen LogP contribution in [0.1, 0.15) is 24.5 Å². The quantitative estimate of drug-likeness (QED) is 0.128. The van der Waals surface area contributed by atoms with E-state index in [0.29, 0.717) is 11.1 Å². The Morgan fingerprint density at radius 1 is 0.829 bits per heavy atom. The Morgan fingerprint density at radius 3 is 2.05 bits per heavy atom. The molecule has 0 bridgehead atoms. The van der Waals surface area contributed by atoms with E-state index < -0.39 is 66.4 Å². The summed E-state index contributed by atoms with van der Waals surface area (Å²) in [7, 11) is 0. The summed E-state index contributed by atoms with van der Waals surface area (Å²) in [5.41, 5.74) is 7.79. The predicted octanol–water partition coefficient (Wildman–Crippen LogP) is -0.325. The Balaban J connectivity index is 1.90. The zero-order valence-corrected chi connectivity index (χ0v) is 22.2. The summed E-state index contributed by atoms with van der Waals surface area (Å²) in [6.07, 6.45) is -0.493. The van der Waals surface area contributed by atoms with Crippen molar-refractivity contribution >= 4 is 40.6 Å². The van der Waals surface area contributed by atoms with Gasteiger partial charge in [0.25, 0.3) is 0 Å². The van der Waals surface area contributed by atoms with Crippen LogP contribution in [0.5, 0.6) is 0 Å². The average molecular weight is 568 g/mol. The third-order valence-corrected chi connectivity index (χ3v) is 6.43. The van der Waals surface area contributed by atoms with Crippen LogP contribution in [0.4, 0.5) is 0 Å². The van der Waals surface area contributed by atoms with E-state index in [-0.39, 0.29) is 12.8 Å². The van der Waals surface area contributed by atoms with Gasteiger partial charge in [0, 0.05) is 29.9 Å². The van der Waals surface area contributed by atoms with Crippen LogP contribution in [-0.4, -0.2) is 80.2 Å². The molecule has 218 valence electrons. The lowest BCUT2D eigenvalue weighted by Crippen LogP contribution is -2.59. The summed E-state index contributed by atoms with van der Waals surface area (Å²) < 4.78 is 0. The van der Waals surface area contributed by atoms with Crippen molar-refractivity contribution in [2.24, 2.45) is 5.73 Å². The summed E-state index contributed by atoms with van der Waals surface area (Å²) >= 11 is 0. The SMILES string of the molecule is CC(O)C(NC(=O)C(Cc1c[nH]c2ccccc12)NC(=O)C(Cc1ccccc1)NC(=O)C(N)CC(=O)O)C(=O)O. The van der Waals surface area contributed by atoms with Gasteiger partial charge in [-0.05, 0) is 24.1 Å². The number of hydrogen-bond acceptors (Lipinski definition) is 7. The molecular weight excluding hydrogens is 534 g/mol. The number of carboxylic acid groups (broad SMARTS) is 2. The third kappa shape index (κ3) is 8.62. The van der Waals surface area contributed by atoms with Crippen molar-refractivity contribution in [1.29, 1.82) is 0 Å². The number of benzene rings is 2. The lowest BCUT2D eigenvalue weighted by atomic mass is 10.0. The molecule has 5 unspecified atom stereocenters. The summed E-state index contributed by atoms with van der Waals surface area (Å²) in [6, 6.07) is 10.3. The fourth-order valence-corrected chi connectivity index (χ4v) is 4.26. The fourth-order valence-electron chi connectivity index (χ4n) is 4.26. The molecule has 3 amide bonds. The van der Waals surface area contributed by atoms with Crippen LogP contribution in [0.25, 0.3) is 10.9 Å². The smallest absolute Gasteiger partial charge is 0.328 e. The zero-order chi connectivity index (χ0) is 30.1. The van der Waals surface area contributed by atoms with Crippen molar-refractivity contribution < 1.29 is 39.3 Å². The summed E-state index contributed by atoms with van der Waals surface area (Å²) in [5.74, 6) is -5.29. The summed E-state index contributed by atoms with van der Waals surface area (Å²) in [4.78, 5) is 65.2. The first-order valence-electron chi connectivity index (χ1n) is 12.8. The largest absolute Gasteiger partial charge is 0.481 e. The first-order valence-corrected chi connectivity index (χ1v) is 12.8. The van der Waals surface area contributed by atoms with E-state index in [0.717, 1.165) is 10.9 Å². The third-order valence-electron chi connectivity index (χ3n) is 6.43. The highest BCUT2D eigenvalue weighted by atomic mass is 16.4. The molecule has 2 aromatic carbocycles. The number of aromatic amines is 1. The van der Waals surface area contributed by atoms with E-state index in [1.165, 1.54) is 6.92 Å². The highest BCUT2D eigenvalue weighted by Gasteiger charge is 2.32. The molecule has 0 fully saturated rings. The Bertz CT molecular complexity index is 1390. The molecule has 0 saturated heterocycles. The number of aliphatic hydroxyl groups excluding tert-OH is 1. The average Bonchev–Trinajstić information content (AvgIpc) is 3.33. The lowest BCUT2D eigenvalue weighted by molar-refractivity contribution is -0.145. The highest BCUT2D eigenvalue weighted by Crippen LogP contribution is 2.19. The van der Waals surface area contributed by atoms with Gasteiger partial charge in [0.05, 0.1) is 18.6 Å². The molecular formula is C28H33N5O8. The van der Waals surface area contributed by atoms with Gasteiger partial charge in [-0.1, -0.05) is 48.5 Å². The van der Waals surface area contributed by atoms with Gasteiger partial charge in [0.15, 0.2) is 6.04 Å².